The van der Waals surface area contributed by atoms with Gasteiger partial charge in [0.05, 0.1) is 12.6 Å². The van der Waals surface area contributed by atoms with Gasteiger partial charge in [0.1, 0.15) is 0 Å². The van der Waals surface area contributed by atoms with E-state index in [9.17, 15) is 4.21 Å². The lowest BCUT2D eigenvalue weighted by Crippen LogP contribution is -2.35. The van der Waals surface area contributed by atoms with Gasteiger partial charge in [0, 0.05) is 49.2 Å². The topological polar surface area (TPSA) is 87.6 Å². The molecular formula is C16H22N4O3S. The molecule has 1 atom stereocenters. The predicted octanol–water partition coefficient (Wildman–Crippen LogP) is 1.97. The van der Waals surface area contributed by atoms with Crippen LogP contribution < -0.4 is 14.4 Å². The van der Waals surface area contributed by atoms with Gasteiger partial charge in [-0.2, -0.15) is 0 Å². The van der Waals surface area contributed by atoms with Gasteiger partial charge in [-0.25, -0.2) is 13.9 Å². The lowest BCUT2D eigenvalue weighted by atomic mass is 9.93. The average Bonchev–Trinajstić information content (AvgIpc) is 2.61. The highest BCUT2D eigenvalue weighted by molar-refractivity contribution is 7.77. The van der Waals surface area contributed by atoms with Crippen molar-refractivity contribution in [2.75, 3.05) is 31.6 Å². The maximum Gasteiger partial charge on any atom is 0.231 e. The second kappa shape index (κ2) is 7.87. The van der Waals surface area contributed by atoms with Crippen molar-refractivity contribution in [2.24, 2.45) is 5.92 Å². The van der Waals surface area contributed by atoms with Crippen molar-refractivity contribution in [1.29, 1.82) is 0 Å². The van der Waals surface area contributed by atoms with Gasteiger partial charge in [-0.1, -0.05) is 0 Å². The molecular weight excluding hydrogens is 328 g/mol. The molecule has 0 radical (unpaired) electrons. The first-order chi connectivity index (χ1) is 11.7. The van der Waals surface area contributed by atoms with Gasteiger partial charge in [0.2, 0.25) is 17.1 Å². The zero-order chi connectivity index (χ0) is 16.9. The minimum Gasteiger partial charge on any atom is -0.481 e. The summed E-state index contributed by atoms with van der Waals surface area (Å²) in [6.07, 6.45) is 6.73. The van der Waals surface area contributed by atoms with E-state index in [0.717, 1.165) is 48.9 Å². The van der Waals surface area contributed by atoms with Crippen LogP contribution in [0.15, 0.2) is 24.5 Å². The van der Waals surface area contributed by atoms with Gasteiger partial charge in [0.15, 0.2) is 0 Å². The van der Waals surface area contributed by atoms with E-state index in [2.05, 4.69) is 19.6 Å². The van der Waals surface area contributed by atoms with Gasteiger partial charge in [0.25, 0.3) is 0 Å². The van der Waals surface area contributed by atoms with E-state index in [1.807, 2.05) is 24.5 Å². The van der Waals surface area contributed by atoms with Crippen LogP contribution in [0.2, 0.25) is 0 Å². The largest absolute Gasteiger partial charge is 0.481 e. The van der Waals surface area contributed by atoms with Crippen LogP contribution >= 0.6 is 0 Å². The van der Waals surface area contributed by atoms with Crippen LogP contribution in [0.4, 0.5) is 5.69 Å². The highest BCUT2D eigenvalue weighted by Gasteiger charge is 2.21. The Hall–Kier alpha value is -1.77. The van der Waals surface area contributed by atoms with Crippen molar-refractivity contribution in [2.45, 2.75) is 19.3 Å². The van der Waals surface area contributed by atoms with Gasteiger partial charge >= 0.3 is 0 Å². The third-order valence-electron chi connectivity index (χ3n) is 4.52. The Morgan fingerprint density at radius 1 is 1.42 bits per heavy atom. The maximum atomic E-state index is 10.6. The zero-order valence-electron chi connectivity index (χ0n) is 13.6. The summed E-state index contributed by atoms with van der Waals surface area (Å²) in [5, 5.41) is 1.04. The molecule has 8 heteroatoms. The zero-order valence-corrected chi connectivity index (χ0v) is 14.5. The molecule has 0 aliphatic carbocycles. The number of nitrogens with zero attached hydrogens (tertiary/aromatic N) is 3. The summed E-state index contributed by atoms with van der Waals surface area (Å²) in [7, 11) is 1.60. The van der Waals surface area contributed by atoms with Crippen molar-refractivity contribution in [3.8, 4) is 5.88 Å². The summed E-state index contributed by atoms with van der Waals surface area (Å²) in [4.78, 5) is 11.1. The van der Waals surface area contributed by atoms with E-state index in [4.69, 9.17) is 9.29 Å². The molecule has 0 bridgehead atoms. The molecule has 0 amide bonds. The molecule has 2 aromatic heterocycles. The van der Waals surface area contributed by atoms with Gasteiger partial charge in [-0.05, 0) is 31.2 Å². The number of methoxy groups -OCH3 is 1. The van der Waals surface area contributed by atoms with Gasteiger partial charge in [-0.3, -0.25) is 9.54 Å². The number of pyridine rings is 2. The molecule has 1 saturated heterocycles. The Labute approximate surface area is 143 Å². The Balaban J connectivity index is 1.66. The second-order valence-corrected chi connectivity index (χ2v) is 6.72. The Bertz CT molecular complexity index is 720. The number of fused-ring (bicyclic) bond motifs is 1. The highest BCUT2D eigenvalue weighted by Crippen LogP contribution is 2.30. The molecule has 1 aliphatic rings. The molecule has 2 N–H and O–H groups in total. The summed E-state index contributed by atoms with van der Waals surface area (Å²) >= 11 is -1.91. The van der Waals surface area contributed by atoms with Crippen LogP contribution in [0.25, 0.3) is 10.9 Å². The van der Waals surface area contributed by atoms with Gasteiger partial charge < -0.3 is 9.64 Å². The quantitative estimate of drug-likeness (QED) is 0.775. The predicted molar refractivity (Wildman–Crippen MR) is 94.4 cm³/mol. The average molecular weight is 350 g/mol. The molecule has 0 spiro atoms. The first kappa shape index (κ1) is 17.1. The van der Waals surface area contributed by atoms with Crippen molar-refractivity contribution < 1.29 is 13.5 Å². The third-order valence-corrected chi connectivity index (χ3v) is 4.97. The first-order valence-electron chi connectivity index (χ1n) is 8.05. The molecule has 0 aromatic carbocycles. The van der Waals surface area contributed by atoms with E-state index in [0.29, 0.717) is 18.3 Å². The maximum absolute atomic E-state index is 10.6. The van der Waals surface area contributed by atoms with Crippen LogP contribution in [0.5, 0.6) is 5.88 Å². The number of hydrogen-bond donors (Lipinski definition) is 2. The molecule has 3 heterocycles. The van der Waals surface area contributed by atoms with Crippen molar-refractivity contribution >= 4 is 27.9 Å². The van der Waals surface area contributed by atoms with E-state index < -0.39 is 11.3 Å². The lowest BCUT2D eigenvalue weighted by molar-refractivity contribution is 0.381. The fourth-order valence-corrected chi connectivity index (χ4v) is 3.50. The van der Waals surface area contributed by atoms with Crippen molar-refractivity contribution in [3.63, 3.8) is 0 Å². The number of piperidine rings is 1. The minimum atomic E-state index is -1.91. The fraction of sp³-hybridized carbons (Fsp3) is 0.500. The molecule has 1 unspecified atom stereocenters. The molecule has 1 fully saturated rings. The molecule has 3 rings (SSSR count). The molecule has 0 saturated carbocycles. The summed E-state index contributed by atoms with van der Waals surface area (Å²) < 4.78 is 27.1. The lowest BCUT2D eigenvalue weighted by Gasteiger charge is -2.34. The third kappa shape index (κ3) is 4.00. The highest BCUT2D eigenvalue weighted by atomic mass is 32.2. The Kier molecular flexibility index (Phi) is 5.60. The molecule has 130 valence electrons. The number of anilines is 1. The fourth-order valence-electron chi connectivity index (χ4n) is 3.21. The SMILES string of the molecule is COc1cc2nccc(N3CCC(CCNS(=O)O)CC3)c2cn1. The Morgan fingerprint density at radius 3 is 2.92 bits per heavy atom. The Morgan fingerprint density at radius 2 is 2.21 bits per heavy atom. The van der Waals surface area contributed by atoms with E-state index in [1.165, 1.54) is 0 Å². The normalized spacial score (nSPS) is 17.2. The van der Waals surface area contributed by atoms with Gasteiger partial charge in [-0.15, -0.1) is 0 Å². The molecule has 7 nitrogen and oxygen atoms in total. The standard InChI is InChI=1S/C16H22N4O3S/c1-23-16-10-14-13(11-18-16)15(3-6-17-14)20-8-4-12(5-9-20)2-7-19-24(21)22/h3,6,10-12,19H,2,4-5,7-9H2,1H3,(H,21,22). The summed E-state index contributed by atoms with van der Waals surface area (Å²) in [6.45, 7) is 2.52. The summed E-state index contributed by atoms with van der Waals surface area (Å²) in [6, 6.07) is 3.89. The monoisotopic (exact) mass is 350 g/mol. The van der Waals surface area contributed by atoms with Crippen LogP contribution in [0, 0.1) is 5.92 Å². The summed E-state index contributed by atoms with van der Waals surface area (Å²) in [5.41, 5.74) is 2.04. The first-order valence-corrected chi connectivity index (χ1v) is 9.16. The van der Waals surface area contributed by atoms with E-state index in [-0.39, 0.29) is 0 Å². The molecule has 24 heavy (non-hydrogen) atoms. The van der Waals surface area contributed by atoms with Crippen LogP contribution in [0.3, 0.4) is 0 Å². The van der Waals surface area contributed by atoms with Crippen molar-refractivity contribution in [1.82, 2.24) is 14.7 Å². The van der Waals surface area contributed by atoms with Crippen LogP contribution in [-0.2, 0) is 11.3 Å². The van der Waals surface area contributed by atoms with E-state index >= 15 is 0 Å². The molecule has 1 aliphatic heterocycles. The smallest absolute Gasteiger partial charge is 0.231 e. The number of rotatable bonds is 6. The number of ether oxygens (including phenoxy) is 1. The van der Waals surface area contributed by atoms with Crippen LogP contribution in [0.1, 0.15) is 19.3 Å². The number of nitrogens with one attached hydrogen (secondary N) is 1. The van der Waals surface area contributed by atoms with Crippen LogP contribution in [-0.4, -0.2) is 45.5 Å². The second-order valence-electron chi connectivity index (χ2n) is 5.94. The molecule has 2 aromatic rings. The summed E-state index contributed by atoms with van der Waals surface area (Å²) in [5.74, 6) is 1.16. The number of hydrogen-bond acceptors (Lipinski definition) is 5. The van der Waals surface area contributed by atoms with E-state index in [1.54, 1.807) is 7.11 Å². The van der Waals surface area contributed by atoms with Crippen molar-refractivity contribution in [3.05, 3.63) is 24.5 Å². The minimum absolute atomic E-state index is 0.569. The number of aromatic nitrogens is 2.